The minimum absolute atomic E-state index is 0.211. The zero-order valence-corrected chi connectivity index (χ0v) is 13.5. The van der Waals surface area contributed by atoms with Crippen molar-refractivity contribution < 1.29 is 14.3 Å². The van der Waals surface area contributed by atoms with E-state index in [1.54, 1.807) is 0 Å². The molecule has 1 aliphatic carbocycles. The standard InChI is InChI=1S/C18H25NO3/c1-13-7-9-16(14(2)11-13)19-17(20)12-22-18(21)10-8-15-5-3-4-6-15/h7,9,11,15H,3-6,8,10,12H2,1-2H3,(H,19,20). The van der Waals surface area contributed by atoms with Crippen LogP contribution in [0.15, 0.2) is 18.2 Å². The molecule has 1 saturated carbocycles. The molecule has 1 amide bonds. The highest BCUT2D eigenvalue weighted by Gasteiger charge is 2.17. The number of rotatable bonds is 6. The van der Waals surface area contributed by atoms with Crippen LogP contribution in [-0.2, 0) is 14.3 Å². The molecule has 1 aromatic rings. The molecule has 0 aliphatic heterocycles. The van der Waals surface area contributed by atoms with Crippen molar-refractivity contribution in [1.29, 1.82) is 0 Å². The van der Waals surface area contributed by atoms with Gasteiger partial charge in [-0.3, -0.25) is 9.59 Å². The van der Waals surface area contributed by atoms with Gasteiger partial charge < -0.3 is 10.1 Å². The second-order valence-electron chi connectivity index (χ2n) is 6.22. The molecule has 0 radical (unpaired) electrons. The lowest BCUT2D eigenvalue weighted by Gasteiger charge is -2.10. The highest BCUT2D eigenvalue weighted by Crippen LogP contribution is 2.28. The van der Waals surface area contributed by atoms with E-state index in [9.17, 15) is 9.59 Å². The van der Waals surface area contributed by atoms with Gasteiger partial charge in [0.05, 0.1) is 0 Å². The summed E-state index contributed by atoms with van der Waals surface area (Å²) >= 11 is 0. The molecule has 120 valence electrons. The Morgan fingerprint density at radius 3 is 2.64 bits per heavy atom. The van der Waals surface area contributed by atoms with E-state index in [1.165, 1.54) is 25.7 Å². The molecule has 0 spiro atoms. The largest absolute Gasteiger partial charge is 0.456 e. The van der Waals surface area contributed by atoms with Gasteiger partial charge >= 0.3 is 5.97 Å². The smallest absolute Gasteiger partial charge is 0.306 e. The third kappa shape index (κ3) is 5.17. The van der Waals surface area contributed by atoms with Crippen molar-refractivity contribution >= 4 is 17.6 Å². The summed E-state index contributed by atoms with van der Waals surface area (Å²) in [6.45, 7) is 3.73. The number of amides is 1. The van der Waals surface area contributed by atoms with E-state index < -0.39 is 0 Å². The Morgan fingerprint density at radius 2 is 1.95 bits per heavy atom. The third-order valence-electron chi connectivity index (χ3n) is 4.25. The number of anilines is 1. The minimum Gasteiger partial charge on any atom is -0.456 e. The predicted octanol–water partition coefficient (Wildman–Crippen LogP) is 3.76. The highest BCUT2D eigenvalue weighted by molar-refractivity contribution is 5.93. The molecular weight excluding hydrogens is 278 g/mol. The van der Waals surface area contributed by atoms with Crippen molar-refractivity contribution in [1.82, 2.24) is 0 Å². The maximum absolute atomic E-state index is 11.8. The Hall–Kier alpha value is -1.84. The van der Waals surface area contributed by atoms with Gasteiger partial charge in [0.1, 0.15) is 0 Å². The van der Waals surface area contributed by atoms with Crippen LogP contribution >= 0.6 is 0 Å². The zero-order chi connectivity index (χ0) is 15.9. The fourth-order valence-corrected chi connectivity index (χ4v) is 2.98. The highest BCUT2D eigenvalue weighted by atomic mass is 16.5. The normalized spacial score (nSPS) is 14.8. The van der Waals surface area contributed by atoms with E-state index in [4.69, 9.17) is 4.74 Å². The molecule has 0 unspecified atom stereocenters. The summed E-state index contributed by atoms with van der Waals surface area (Å²) in [7, 11) is 0. The SMILES string of the molecule is Cc1ccc(NC(=O)COC(=O)CCC2CCCC2)c(C)c1. The van der Waals surface area contributed by atoms with E-state index >= 15 is 0 Å². The number of nitrogens with one attached hydrogen (secondary N) is 1. The summed E-state index contributed by atoms with van der Waals surface area (Å²) in [6.07, 6.45) is 6.30. The monoisotopic (exact) mass is 303 g/mol. The first-order valence-electron chi connectivity index (χ1n) is 8.07. The number of carbonyl (C=O) groups is 2. The topological polar surface area (TPSA) is 55.4 Å². The third-order valence-corrected chi connectivity index (χ3v) is 4.25. The second-order valence-corrected chi connectivity index (χ2v) is 6.22. The Labute approximate surface area is 132 Å². The first kappa shape index (κ1) is 16.5. The zero-order valence-electron chi connectivity index (χ0n) is 13.5. The lowest BCUT2D eigenvalue weighted by Crippen LogP contribution is -2.21. The van der Waals surface area contributed by atoms with Crippen LogP contribution in [0.5, 0.6) is 0 Å². The molecule has 4 nitrogen and oxygen atoms in total. The Bertz CT molecular complexity index is 533. The van der Waals surface area contributed by atoms with Crippen molar-refractivity contribution in [3.05, 3.63) is 29.3 Å². The molecule has 1 N–H and O–H groups in total. The van der Waals surface area contributed by atoms with E-state index in [-0.39, 0.29) is 18.5 Å². The number of benzene rings is 1. The van der Waals surface area contributed by atoms with Crippen molar-refractivity contribution in [3.63, 3.8) is 0 Å². The fraction of sp³-hybridized carbons (Fsp3) is 0.556. The summed E-state index contributed by atoms with van der Waals surface area (Å²) in [5, 5.41) is 2.77. The van der Waals surface area contributed by atoms with Crippen molar-refractivity contribution in [2.24, 2.45) is 5.92 Å². The van der Waals surface area contributed by atoms with Gasteiger partial charge in [0.15, 0.2) is 6.61 Å². The number of carbonyl (C=O) groups excluding carboxylic acids is 2. The summed E-state index contributed by atoms with van der Waals surface area (Å²) in [6, 6.07) is 5.81. The van der Waals surface area contributed by atoms with Crippen LogP contribution in [0.25, 0.3) is 0 Å². The van der Waals surface area contributed by atoms with Gasteiger partial charge in [-0.15, -0.1) is 0 Å². The summed E-state index contributed by atoms with van der Waals surface area (Å²) in [4.78, 5) is 23.5. The number of hydrogen-bond acceptors (Lipinski definition) is 3. The molecule has 0 atom stereocenters. The van der Waals surface area contributed by atoms with Crippen molar-refractivity contribution in [2.45, 2.75) is 52.4 Å². The molecule has 0 bridgehead atoms. The number of ether oxygens (including phenoxy) is 1. The molecule has 22 heavy (non-hydrogen) atoms. The predicted molar refractivity (Wildman–Crippen MR) is 86.7 cm³/mol. The Morgan fingerprint density at radius 1 is 1.23 bits per heavy atom. The lowest BCUT2D eigenvalue weighted by molar-refractivity contribution is -0.147. The van der Waals surface area contributed by atoms with Crippen molar-refractivity contribution in [2.75, 3.05) is 11.9 Å². The van der Waals surface area contributed by atoms with Crippen molar-refractivity contribution in [3.8, 4) is 0 Å². The van der Waals surface area contributed by atoms with Crippen LogP contribution in [0.4, 0.5) is 5.69 Å². The van der Waals surface area contributed by atoms with E-state index in [0.717, 1.165) is 23.2 Å². The van der Waals surface area contributed by atoms with Crippen LogP contribution in [0, 0.1) is 19.8 Å². The Kier molecular flexibility index (Phi) is 5.99. The molecule has 0 saturated heterocycles. The molecule has 0 heterocycles. The van der Waals surface area contributed by atoms with Gasteiger partial charge in [-0.05, 0) is 37.8 Å². The summed E-state index contributed by atoms with van der Waals surface area (Å²) in [5.41, 5.74) is 2.91. The molecule has 2 rings (SSSR count). The van der Waals surface area contributed by atoms with E-state index in [2.05, 4.69) is 5.32 Å². The lowest BCUT2D eigenvalue weighted by atomic mass is 10.0. The van der Waals surface area contributed by atoms with Crippen LogP contribution in [-0.4, -0.2) is 18.5 Å². The maximum Gasteiger partial charge on any atom is 0.306 e. The number of hydrogen-bond donors (Lipinski definition) is 1. The molecule has 0 aromatic heterocycles. The quantitative estimate of drug-likeness (QED) is 0.814. The molecule has 1 fully saturated rings. The van der Waals surface area contributed by atoms with Gasteiger partial charge in [0.2, 0.25) is 0 Å². The summed E-state index contributed by atoms with van der Waals surface area (Å²) in [5.74, 6) is 0.0976. The average molecular weight is 303 g/mol. The van der Waals surface area contributed by atoms with Crippen LogP contribution in [0.3, 0.4) is 0 Å². The fourth-order valence-electron chi connectivity index (χ4n) is 2.98. The molecule has 1 aromatic carbocycles. The number of esters is 1. The summed E-state index contributed by atoms with van der Waals surface area (Å²) < 4.78 is 5.05. The molecule has 1 aliphatic rings. The van der Waals surface area contributed by atoms with Crippen LogP contribution in [0.1, 0.15) is 49.7 Å². The average Bonchev–Trinajstić information content (AvgIpc) is 2.99. The number of aryl methyl sites for hydroxylation is 2. The Balaban J connectivity index is 1.69. The molecule has 4 heteroatoms. The minimum atomic E-state index is -0.291. The molecular formula is C18H25NO3. The first-order chi connectivity index (χ1) is 10.5. The maximum atomic E-state index is 11.8. The van der Waals surface area contributed by atoms with Gasteiger partial charge in [0, 0.05) is 12.1 Å². The van der Waals surface area contributed by atoms with Gasteiger partial charge in [0.25, 0.3) is 5.91 Å². The van der Waals surface area contributed by atoms with Crippen LogP contribution < -0.4 is 5.32 Å². The first-order valence-corrected chi connectivity index (χ1v) is 8.07. The van der Waals surface area contributed by atoms with Gasteiger partial charge in [-0.1, -0.05) is 43.4 Å². The van der Waals surface area contributed by atoms with Gasteiger partial charge in [-0.25, -0.2) is 0 Å². The van der Waals surface area contributed by atoms with Crippen LogP contribution in [0.2, 0.25) is 0 Å². The second kappa shape index (κ2) is 7.97. The van der Waals surface area contributed by atoms with E-state index in [0.29, 0.717) is 12.3 Å². The van der Waals surface area contributed by atoms with Gasteiger partial charge in [-0.2, -0.15) is 0 Å². The van der Waals surface area contributed by atoms with E-state index in [1.807, 2.05) is 32.0 Å².